The summed E-state index contributed by atoms with van der Waals surface area (Å²) in [5.74, 6) is 1.03. The molecular formula is C27H37FN6O2. The molecule has 5 unspecified atom stereocenters. The maximum Gasteiger partial charge on any atom is 0.216 e. The number of hydrazine groups is 1. The van der Waals surface area contributed by atoms with Crippen LogP contribution in [0.25, 0.3) is 5.57 Å². The predicted molar refractivity (Wildman–Crippen MR) is 137 cm³/mol. The van der Waals surface area contributed by atoms with Gasteiger partial charge in [0, 0.05) is 44.9 Å². The molecule has 0 spiro atoms. The number of aromatic nitrogens is 2. The van der Waals surface area contributed by atoms with E-state index >= 15 is 4.39 Å². The fraction of sp³-hybridized carbons (Fsp3) is 0.556. The van der Waals surface area contributed by atoms with E-state index in [1.807, 2.05) is 19.2 Å². The van der Waals surface area contributed by atoms with Crippen molar-refractivity contribution in [2.24, 2.45) is 5.92 Å². The number of hydrogen-bond donors (Lipinski definition) is 5. The first kappa shape index (κ1) is 24.9. The molecule has 1 aromatic heterocycles. The number of aryl methyl sites for hydroxylation is 1. The van der Waals surface area contributed by atoms with E-state index in [0.717, 1.165) is 68.0 Å². The van der Waals surface area contributed by atoms with E-state index in [1.54, 1.807) is 12.1 Å². The highest BCUT2D eigenvalue weighted by molar-refractivity contribution is 5.72. The third-order valence-electron chi connectivity index (χ3n) is 8.07. The molecule has 5 atom stereocenters. The summed E-state index contributed by atoms with van der Waals surface area (Å²) in [6.07, 6.45) is 6.46. The van der Waals surface area contributed by atoms with Crippen LogP contribution in [0.5, 0.6) is 5.75 Å². The van der Waals surface area contributed by atoms with Gasteiger partial charge in [0.25, 0.3) is 0 Å². The lowest BCUT2D eigenvalue weighted by Crippen LogP contribution is -2.45. The normalized spacial score (nSPS) is 28.5. The molecule has 1 amide bonds. The van der Waals surface area contributed by atoms with Gasteiger partial charge in [0.15, 0.2) is 0 Å². The number of aromatic hydroxyl groups is 1. The number of hydrogen-bond acceptors (Lipinski definition) is 6. The largest absolute Gasteiger partial charge is 0.508 e. The number of carbonyl (C=O) groups is 1. The Morgan fingerprint density at radius 1 is 1.31 bits per heavy atom. The molecule has 0 radical (unpaired) electrons. The zero-order chi connectivity index (χ0) is 25.2. The van der Waals surface area contributed by atoms with Crippen molar-refractivity contribution >= 4 is 11.5 Å². The number of amides is 1. The van der Waals surface area contributed by atoms with Crippen LogP contribution in [-0.2, 0) is 11.2 Å². The zero-order valence-electron chi connectivity index (χ0n) is 21.1. The van der Waals surface area contributed by atoms with Crippen LogP contribution in [0.2, 0.25) is 0 Å². The van der Waals surface area contributed by atoms with Crippen LogP contribution < -0.4 is 16.2 Å². The summed E-state index contributed by atoms with van der Waals surface area (Å²) in [5.41, 5.74) is 10.9. The molecule has 36 heavy (non-hydrogen) atoms. The molecule has 1 saturated heterocycles. The highest BCUT2D eigenvalue weighted by atomic mass is 19.1. The number of benzene rings is 1. The van der Waals surface area contributed by atoms with Gasteiger partial charge in [-0.1, -0.05) is 19.1 Å². The van der Waals surface area contributed by atoms with Crippen molar-refractivity contribution in [2.45, 2.75) is 63.7 Å². The molecule has 2 fully saturated rings. The fourth-order valence-electron chi connectivity index (χ4n) is 6.12. The SMILES string of the molecule is CCc1cc(O)ccc1C1CCC2C(c3ncc(C4=CCN(CCNC(C)=O)CC4)[nH]3)NNC2C1F. The third-order valence-corrected chi connectivity index (χ3v) is 8.07. The molecule has 194 valence electrons. The van der Waals surface area contributed by atoms with Gasteiger partial charge in [0.1, 0.15) is 17.7 Å². The third kappa shape index (κ3) is 5.05. The molecule has 1 aromatic carbocycles. The number of phenolic OH excluding ortho intramolecular Hbond substituents is 1. The molecule has 5 rings (SSSR count). The summed E-state index contributed by atoms with van der Waals surface area (Å²) in [6.45, 7) is 6.88. The molecule has 3 aliphatic rings. The number of nitrogens with zero attached hydrogens (tertiary/aromatic N) is 2. The van der Waals surface area contributed by atoms with E-state index in [0.29, 0.717) is 6.54 Å². The molecule has 8 nitrogen and oxygen atoms in total. The first-order valence-corrected chi connectivity index (χ1v) is 13.1. The van der Waals surface area contributed by atoms with Gasteiger partial charge in [-0.25, -0.2) is 14.8 Å². The van der Waals surface area contributed by atoms with Gasteiger partial charge in [-0.15, -0.1) is 0 Å². The van der Waals surface area contributed by atoms with Gasteiger partial charge in [-0.3, -0.25) is 15.1 Å². The summed E-state index contributed by atoms with van der Waals surface area (Å²) in [5, 5.41) is 12.7. The van der Waals surface area contributed by atoms with E-state index in [9.17, 15) is 9.90 Å². The van der Waals surface area contributed by atoms with E-state index in [2.05, 4.69) is 37.1 Å². The van der Waals surface area contributed by atoms with Crippen molar-refractivity contribution in [3.63, 3.8) is 0 Å². The summed E-state index contributed by atoms with van der Waals surface area (Å²) in [7, 11) is 0. The van der Waals surface area contributed by atoms with Crippen LogP contribution in [0.15, 0.2) is 30.5 Å². The molecule has 1 saturated carbocycles. The average Bonchev–Trinajstić information content (AvgIpc) is 3.52. The molecule has 2 aromatic rings. The number of aromatic amines is 1. The van der Waals surface area contributed by atoms with Crippen molar-refractivity contribution in [2.75, 3.05) is 26.2 Å². The molecule has 3 heterocycles. The van der Waals surface area contributed by atoms with Crippen LogP contribution >= 0.6 is 0 Å². The smallest absolute Gasteiger partial charge is 0.216 e. The Morgan fingerprint density at radius 2 is 2.17 bits per heavy atom. The molecule has 5 N–H and O–H groups in total. The summed E-state index contributed by atoms with van der Waals surface area (Å²) < 4.78 is 15.8. The molecular weight excluding hydrogens is 459 g/mol. The number of alkyl halides is 1. The quantitative estimate of drug-likeness (QED) is 0.404. The van der Waals surface area contributed by atoms with Crippen molar-refractivity contribution in [3.05, 3.63) is 53.1 Å². The lowest BCUT2D eigenvalue weighted by Gasteiger charge is -2.36. The highest BCUT2D eigenvalue weighted by Gasteiger charge is 2.48. The van der Waals surface area contributed by atoms with Crippen LogP contribution in [0, 0.1) is 5.92 Å². The van der Waals surface area contributed by atoms with E-state index < -0.39 is 6.17 Å². The van der Waals surface area contributed by atoms with Gasteiger partial charge in [0.05, 0.1) is 24.0 Å². The van der Waals surface area contributed by atoms with Crippen LogP contribution in [0.3, 0.4) is 0 Å². The second-order valence-corrected chi connectivity index (χ2v) is 10.3. The minimum Gasteiger partial charge on any atom is -0.508 e. The Bertz CT molecular complexity index is 1120. The van der Waals surface area contributed by atoms with Crippen molar-refractivity contribution in [3.8, 4) is 5.75 Å². The van der Waals surface area contributed by atoms with Crippen LogP contribution in [0.1, 0.15) is 67.7 Å². The Morgan fingerprint density at radius 3 is 2.92 bits per heavy atom. The van der Waals surface area contributed by atoms with Gasteiger partial charge in [0.2, 0.25) is 5.91 Å². The number of H-pyrrole nitrogens is 1. The zero-order valence-corrected chi connectivity index (χ0v) is 21.1. The first-order valence-electron chi connectivity index (χ1n) is 13.1. The van der Waals surface area contributed by atoms with Crippen molar-refractivity contribution < 1.29 is 14.3 Å². The monoisotopic (exact) mass is 496 g/mol. The second-order valence-electron chi connectivity index (χ2n) is 10.3. The maximum atomic E-state index is 15.8. The van der Waals surface area contributed by atoms with Gasteiger partial charge < -0.3 is 15.4 Å². The molecule has 0 bridgehead atoms. The summed E-state index contributed by atoms with van der Waals surface area (Å²) >= 11 is 0. The Balaban J connectivity index is 1.23. The number of rotatable bonds is 7. The summed E-state index contributed by atoms with van der Waals surface area (Å²) in [6, 6.07) is 4.98. The highest BCUT2D eigenvalue weighted by Crippen LogP contribution is 2.45. The standard InChI is InChI=1S/C27H37FN6O2/c1-3-17-14-19(36)4-5-20(17)21-6-7-22-25(24(21)28)32-33-26(22)27-30-15-23(31-27)18-8-11-34(12-9-18)13-10-29-16(2)35/h4-5,8,14-15,21-22,24-26,32-33,36H,3,6-7,9-13H2,1-2H3,(H,29,35)(H,30,31). The minimum absolute atomic E-state index is 0.00381. The van der Waals surface area contributed by atoms with Gasteiger partial charge >= 0.3 is 0 Å². The van der Waals surface area contributed by atoms with Gasteiger partial charge in [-0.2, -0.15) is 0 Å². The number of halogens is 1. The molecule has 9 heteroatoms. The van der Waals surface area contributed by atoms with E-state index in [-0.39, 0.29) is 35.6 Å². The fourth-order valence-corrected chi connectivity index (χ4v) is 6.12. The lowest BCUT2D eigenvalue weighted by atomic mass is 9.71. The summed E-state index contributed by atoms with van der Waals surface area (Å²) in [4.78, 5) is 21.6. The first-order chi connectivity index (χ1) is 17.4. The maximum absolute atomic E-state index is 15.8. The minimum atomic E-state index is -1.02. The average molecular weight is 497 g/mol. The predicted octanol–water partition coefficient (Wildman–Crippen LogP) is 2.95. The van der Waals surface area contributed by atoms with E-state index in [4.69, 9.17) is 0 Å². The Hall–Kier alpha value is -2.75. The number of fused-ring (bicyclic) bond motifs is 1. The number of phenols is 1. The Kier molecular flexibility index (Phi) is 7.41. The van der Waals surface area contributed by atoms with Crippen LogP contribution in [-0.4, -0.2) is 64.3 Å². The Labute approximate surface area is 211 Å². The molecule has 2 aliphatic heterocycles. The molecule has 1 aliphatic carbocycles. The topological polar surface area (TPSA) is 105 Å². The lowest BCUT2D eigenvalue weighted by molar-refractivity contribution is -0.119. The number of carbonyl (C=O) groups excluding carboxylic acids is 1. The van der Waals surface area contributed by atoms with Crippen LogP contribution in [0.4, 0.5) is 4.39 Å². The van der Waals surface area contributed by atoms with Crippen molar-refractivity contribution in [1.29, 1.82) is 0 Å². The number of imidazole rings is 1. The second kappa shape index (κ2) is 10.7. The van der Waals surface area contributed by atoms with Crippen molar-refractivity contribution in [1.82, 2.24) is 31.0 Å². The van der Waals surface area contributed by atoms with E-state index in [1.165, 1.54) is 12.5 Å². The number of nitrogens with one attached hydrogen (secondary N) is 4. The van der Waals surface area contributed by atoms with Gasteiger partial charge in [-0.05, 0) is 54.5 Å².